The average Bonchev–Trinajstić information content (AvgIpc) is 3.11. The molecule has 0 saturated heterocycles. The standard InChI is InChI=1S/C21H21Cl2N5O2S/c1-13(25-20(30)16-9-8-15(22)10-17(16)23)19-26-27-21(28(19)2)31-12-18(29)24-11-14-6-4-3-5-7-14/h3-10,13H,11-12H2,1-2H3,(H,24,29)(H,25,30). The fourth-order valence-electron chi connectivity index (χ4n) is 2.82. The van der Waals surface area contributed by atoms with E-state index in [2.05, 4.69) is 20.8 Å². The molecule has 3 aromatic rings. The van der Waals surface area contributed by atoms with Gasteiger partial charge in [0.25, 0.3) is 5.91 Å². The number of nitrogens with zero attached hydrogens (tertiary/aromatic N) is 3. The lowest BCUT2D eigenvalue weighted by Crippen LogP contribution is -2.28. The minimum Gasteiger partial charge on any atom is -0.351 e. The van der Waals surface area contributed by atoms with Gasteiger partial charge in [-0.25, -0.2) is 0 Å². The smallest absolute Gasteiger partial charge is 0.253 e. The first kappa shape index (κ1) is 23.1. The third-order valence-electron chi connectivity index (χ3n) is 4.44. The van der Waals surface area contributed by atoms with Gasteiger partial charge in [-0.15, -0.1) is 10.2 Å². The lowest BCUT2D eigenvalue weighted by atomic mass is 10.2. The van der Waals surface area contributed by atoms with E-state index in [0.29, 0.717) is 28.1 Å². The molecule has 162 valence electrons. The van der Waals surface area contributed by atoms with E-state index in [1.54, 1.807) is 30.7 Å². The van der Waals surface area contributed by atoms with Gasteiger partial charge < -0.3 is 15.2 Å². The van der Waals surface area contributed by atoms with Crippen LogP contribution in [0.5, 0.6) is 0 Å². The minimum absolute atomic E-state index is 0.0999. The Bertz CT molecular complexity index is 1070. The molecule has 0 fully saturated rings. The fraction of sp³-hybridized carbons (Fsp3) is 0.238. The number of hydrogen-bond donors (Lipinski definition) is 2. The molecule has 31 heavy (non-hydrogen) atoms. The number of carbonyl (C=O) groups excluding carboxylic acids is 2. The van der Waals surface area contributed by atoms with Crippen molar-refractivity contribution in [2.24, 2.45) is 7.05 Å². The molecule has 0 spiro atoms. The van der Waals surface area contributed by atoms with Crippen molar-refractivity contribution < 1.29 is 9.59 Å². The fourth-order valence-corrected chi connectivity index (χ4v) is 4.06. The molecule has 0 bridgehead atoms. The van der Waals surface area contributed by atoms with E-state index >= 15 is 0 Å². The van der Waals surface area contributed by atoms with Gasteiger partial charge in [-0.3, -0.25) is 9.59 Å². The van der Waals surface area contributed by atoms with E-state index in [1.807, 2.05) is 30.3 Å². The van der Waals surface area contributed by atoms with Gasteiger partial charge in [0, 0.05) is 18.6 Å². The number of rotatable bonds is 8. The van der Waals surface area contributed by atoms with Crippen molar-refractivity contribution in [3.8, 4) is 0 Å². The summed E-state index contributed by atoms with van der Waals surface area (Å²) in [6.45, 7) is 2.27. The van der Waals surface area contributed by atoms with Crippen LogP contribution in [-0.4, -0.2) is 32.3 Å². The van der Waals surface area contributed by atoms with Crippen molar-refractivity contribution >= 4 is 46.8 Å². The number of amides is 2. The van der Waals surface area contributed by atoms with E-state index in [4.69, 9.17) is 23.2 Å². The topological polar surface area (TPSA) is 88.9 Å². The second kappa shape index (κ2) is 10.7. The van der Waals surface area contributed by atoms with Gasteiger partial charge in [-0.2, -0.15) is 0 Å². The Hall–Kier alpha value is -2.55. The molecule has 1 aromatic heterocycles. The van der Waals surface area contributed by atoms with Crippen molar-refractivity contribution in [3.05, 3.63) is 75.5 Å². The van der Waals surface area contributed by atoms with Gasteiger partial charge >= 0.3 is 0 Å². The predicted molar refractivity (Wildman–Crippen MR) is 122 cm³/mol. The summed E-state index contributed by atoms with van der Waals surface area (Å²) in [5.41, 5.74) is 1.36. The molecule has 10 heteroatoms. The number of hydrogen-bond acceptors (Lipinski definition) is 5. The molecule has 0 radical (unpaired) electrons. The Labute approximate surface area is 194 Å². The predicted octanol–water partition coefficient (Wildman–Crippen LogP) is 4.02. The van der Waals surface area contributed by atoms with Crippen LogP contribution in [0.25, 0.3) is 0 Å². The van der Waals surface area contributed by atoms with Gasteiger partial charge in [-0.05, 0) is 30.7 Å². The number of aromatic nitrogens is 3. The highest BCUT2D eigenvalue weighted by atomic mass is 35.5. The van der Waals surface area contributed by atoms with Gasteiger partial charge in [0.2, 0.25) is 5.91 Å². The van der Waals surface area contributed by atoms with E-state index in [-0.39, 0.29) is 22.6 Å². The number of halogens is 2. The van der Waals surface area contributed by atoms with Crippen LogP contribution in [0.15, 0.2) is 53.7 Å². The van der Waals surface area contributed by atoms with Crippen LogP contribution < -0.4 is 10.6 Å². The first-order chi connectivity index (χ1) is 14.8. The number of benzene rings is 2. The molecular formula is C21H21Cl2N5O2S. The molecule has 2 aromatic carbocycles. The maximum absolute atomic E-state index is 12.5. The normalized spacial score (nSPS) is 11.7. The third kappa shape index (κ3) is 6.22. The second-order valence-electron chi connectivity index (χ2n) is 6.77. The molecular weight excluding hydrogens is 457 g/mol. The lowest BCUT2D eigenvalue weighted by molar-refractivity contribution is -0.118. The first-order valence-corrected chi connectivity index (χ1v) is 11.2. The summed E-state index contributed by atoms with van der Waals surface area (Å²) in [7, 11) is 1.79. The first-order valence-electron chi connectivity index (χ1n) is 9.43. The van der Waals surface area contributed by atoms with Crippen LogP contribution in [0.4, 0.5) is 0 Å². The molecule has 0 saturated carbocycles. The van der Waals surface area contributed by atoms with Gasteiger partial charge in [0.05, 0.1) is 22.4 Å². The Kier molecular flexibility index (Phi) is 7.95. The maximum atomic E-state index is 12.5. The van der Waals surface area contributed by atoms with Crippen LogP contribution in [-0.2, 0) is 18.4 Å². The zero-order chi connectivity index (χ0) is 22.4. The van der Waals surface area contributed by atoms with Crippen LogP contribution in [0, 0.1) is 0 Å². The van der Waals surface area contributed by atoms with E-state index < -0.39 is 6.04 Å². The second-order valence-corrected chi connectivity index (χ2v) is 8.56. The summed E-state index contributed by atoms with van der Waals surface area (Å²) in [4.78, 5) is 24.7. The molecule has 1 unspecified atom stereocenters. The Morgan fingerprint density at radius 1 is 1.13 bits per heavy atom. The maximum Gasteiger partial charge on any atom is 0.253 e. The lowest BCUT2D eigenvalue weighted by Gasteiger charge is -2.14. The third-order valence-corrected chi connectivity index (χ3v) is 6.01. The Morgan fingerprint density at radius 2 is 1.87 bits per heavy atom. The van der Waals surface area contributed by atoms with Crippen LogP contribution in [0.2, 0.25) is 10.0 Å². The minimum atomic E-state index is -0.419. The van der Waals surface area contributed by atoms with E-state index in [1.165, 1.54) is 17.8 Å². The SMILES string of the molecule is CC(NC(=O)c1ccc(Cl)cc1Cl)c1nnc(SCC(=O)NCc2ccccc2)n1C. The largest absolute Gasteiger partial charge is 0.351 e. The van der Waals surface area contributed by atoms with Crippen LogP contribution in [0.1, 0.15) is 34.7 Å². The average molecular weight is 478 g/mol. The van der Waals surface area contributed by atoms with Crippen molar-refractivity contribution in [1.29, 1.82) is 0 Å². The molecule has 0 aliphatic heterocycles. The number of thioether (sulfide) groups is 1. The van der Waals surface area contributed by atoms with Crippen LogP contribution >= 0.6 is 35.0 Å². The summed E-state index contributed by atoms with van der Waals surface area (Å²) in [5, 5.41) is 15.3. The zero-order valence-corrected chi connectivity index (χ0v) is 19.3. The molecule has 3 rings (SSSR count). The highest BCUT2D eigenvalue weighted by Crippen LogP contribution is 2.23. The monoisotopic (exact) mass is 477 g/mol. The van der Waals surface area contributed by atoms with Crippen LogP contribution in [0.3, 0.4) is 0 Å². The zero-order valence-electron chi connectivity index (χ0n) is 16.9. The van der Waals surface area contributed by atoms with Crippen molar-refractivity contribution in [1.82, 2.24) is 25.4 Å². The highest BCUT2D eigenvalue weighted by molar-refractivity contribution is 7.99. The molecule has 0 aliphatic rings. The summed E-state index contributed by atoms with van der Waals surface area (Å²) in [5.74, 6) is 0.328. The van der Waals surface area contributed by atoms with Crippen molar-refractivity contribution in [3.63, 3.8) is 0 Å². The van der Waals surface area contributed by atoms with Crippen molar-refractivity contribution in [2.45, 2.75) is 24.7 Å². The van der Waals surface area contributed by atoms with Crippen molar-refractivity contribution in [2.75, 3.05) is 5.75 Å². The summed E-state index contributed by atoms with van der Waals surface area (Å²) in [6.07, 6.45) is 0. The molecule has 7 nitrogen and oxygen atoms in total. The van der Waals surface area contributed by atoms with Gasteiger partial charge in [0.15, 0.2) is 11.0 Å². The highest BCUT2D eigenvalue weighted by Gasteiger charge is 2.20. The molecule has 1 heterocycles. The summed E-state index contributed by atoms with van der Waals surface area (Å²) < 4.78 is 1.75. The molecule has 1 atom stereocenters. The van der Waals surface area contributed by atoms with E-state index in [9.17, 15) is 9.59 Å². The quantitative estimate of drug-likeness (QED) is 0.478. The van der Waals surface area contributed by atoms with E-state index in [0.717, 1.165) is 5.56 Å². The van der Waals surface area contributed by atoms with Gasteiger partial charge in [-0.1, -0.05) is 65.3 Å². The molecule has 0 aliphatic carbocycles. The number of nitrogens with one attached hydrogen (secondary N) is 2. The summed E-state index contributed by atoms with van der Waals surface area (Å²) in [6, 6.07) is 14.0. The number of carbonyl (C=O) groups is 2. The molecule has 2 N–H and O–H groups in total. The Morgan fingerprint density at radius 3 is 2.58 bits per heavy atom. The Balaban J connectivity index is 1.55. The summed E-state index contributed by atoms with van der Waals surface area (Å²) >= 11 is 13.3. The van der Waals surface area contributed by atoms with Gasteiger partial charge in [0.1, 0.15) is 0 Å². The molecule has 2 amide bonds.